The maximum absolute atomic E-state index is 10.6. The van der Waals surface area contributed by atoms with Crippen molar-refractivity contribution in [2.45, 2.75) is 13.3 Å². The molecule has 0 spiro atoms. The second-order valence-corrected chi connectivity index (χ2v) is 3.55. The first-order chi connectivity index (χ1) is 7.16. The molecular formula is C12H11NO2. The van der Waals surface area contributed by atoms with E-state index < -0.39 is 5.97 Å². The molecule has 0 aliphatic heterocycles. The Morgan fingerprint density at radius 1 is 1.40 bits per heavy atom. The number of hydrogen-bond acceptors (Lipinski definition) is 2. The first kappa shape index (κ1) is 9.65. The normalized spacial score (nSPS) is 10.5. The van der Waals surface area contributed by atoms with E-state index in [9.17, 15) is 4.79 Å². The number of hydrogen-bond donors (Lipinski definition) is 1. The Balaban J connectivity index is 2.54. The van der Waals surface area contributed by atoms with Crippen molar-refractivity contribution in [2.75, 3.05) is 0 Å². The molecule has 1 aromatic carbocycles. The lowest BCUT2D eigenvalue weighted by molar-refractivity contribution is -0.136. The molecule has 15 heavy (non-hydrogen) atoms. The predicted octanol–water partition coefficient (Wildman–Crippen LogP) is 2.17. The van der Waals surface area contributed by atoms with Crippen molar-refractivity contribution in [3.05, 3.63) is 41.6 Å². The second-order valence-electron chi connectivity index (χ2n) is 3.55. The van der Waals surface area contributed by atoms with Crippen LogP contribution in [0.1, 0.15) is 11.1 Å². The van der Waals surface area contributed by atoms with E-state index in [0.717, 1.165) is 22.0 Å². The van der Waals surface area contributed by atoms with Crippen molar-refractivity contribution >= 4 is 16.9 Å². The molecule has 0 bridgehead atoms. The van der Waals surface area contributed by atoms with Gasteiger partial charge in [0.1, 0.15) is 0 Å². The molecular weight excluding hydrogens is 190 g/mol. The number of rotatable bonds is 2. The van der Waals surface area contributed by atoms with Gasteiger partial charge in [-0.15, -0.1) is 0 Å². The first-order valence-corrected chi connectivity index (χ1v) is 4.73. The zero-order valence-electron chi connectivity index (χ0n) is 8.40. The smallest absolute Gasteiger partial charge is 0.307 e. The lowest BCUT2D eigenvalue weighted by atomic mass is 10.1. The summed E-state index contributed by atoms with van der Waals surface area (Å²) >= 11 is 0. The standard InChI is InChI=1S/C12H11NO2/c1-8-4-5-13-11-3-2-9(6-10(8)11)7-12(14)15/h2-6H,7H2,1H3,(H,14,15). The van der Waals surface area contributed by atoms with Crippen molar-refractivity contribution in [3.63, 3.8) is 0 Å². The van der Waals surface area contributed by atoms with Crippen molar-refractivity contribution in [1.82, 2.24) is 4.98 Å². The molecule has 2 aromatic rings. The monoisotopic (exact) mass is 201 g/mol. The summed E-state index contributed by atoms with van der Waals surface area (Å²) in [5.41, 5.74) is 2.84. The van der Waals surface area contributed by atoms with Crippen molar-refractivity contribution in [2.24, 2.45) is 0 Å². The van der Waals surface area contributed by atoms with Gasteiger partial charge in [-0.25, -0.2) is 0 Å². The number of fused-ring (bicyclic) bond motifs is 1. The zero-order chi connectivity index (χ0) is 10.8. The molecule has 1 N–H and O–H groups in total. The number of carbonyl (C=O) groups is 1. The van der Waals surface area contributed by atoms with Gasteiger partial charge in [-0.1, -0.05) is 6.07 Å². The highest BCUT2D eigenvalue weighted by atomic mass is 16.4. The largest absolute Gasteiger partial charge is 0.481 e. The van der Waals surface area contributed by atoms with E-state index in [2.05, 4.69) is 4.98 Å². The van der Waals surface area contributed by atoms with Gasteiger partial charge in [0.05, 0.1) is 11.9 Å². The van der Waals surface area contributed by atoms with Gasteiger partial charge in [0.25, 0.3) is 0 Å². The van der Waals surface area contributed by atoms with E-state index in [1.54, 1.807) is 6.20 Å². The van der Waals surface area contributed by atoms with Crippen molar-refractivity contribution < 1.29 is 9.90 Å². The van der Waals surface area contributed by atoms with E-state index in [0.29, 0.717) is 0 Å². The molecule has 76 valence electrons. The van der Waals surface area contributed by atoms with Gasteiger partial charge < -0.3 is 5.11 Å². The Morgan fingerprint density at radius 2 is 2.20 bits per heavy atom. The van der Waals surface area contributed by atoms with Crippen LogP contribution in [0.2, 0.25) is 0 Å². The van der Waals surface area contributed by atoms with Crippen LogP contribution >= 0.6 is 0 Å². The third-order valence-corrected chi connectivity index (χ3v) is 2.38. The quantitative estimate of drug-likeness (QED) is 0.810. The molecule has 1 aromatic heterocycles. The zero-order valence-corrected chi connectivity index (χ0v) is 8.40. The number of benzene rings is 1. The first-order valence-electron chi connectivity index (χ1n) is 4.73. The van der Waals surface area contributed by atoms with Crippen molar-refractivity contribution in [1.29, 1.82) is 0 Å². The minimum atomic E-state index is -0.809. The molecule has 0 amide bonds. The Hall–Kier alpha value is -1.90. The molecule has 1 heterocycles. The van der Waals surface area contributed by atoms with Gasteiger partial charge >= 0.3 is 5.97 Å². The van der Waals surface area contributed by atoms with E-state index in [1.807, 2.05) is 31.2 Å². The molecule has 3 nitrogen and oxygen atoms in total. The fourth-order valence-corrected chi connectivity index (χ4v) is 1.62. The lowest BCUT2D eigenvalue weighted by Gasteiger charge is -2.03. The van der Waals surface area contributed by atoms with Crippen LogP contribution in [-0.4, -0.2) is 16.1 Å². The van der Waals surface area contributed by atoms with E-state index >= 15 is 0 Å². The number of pyridine rings is 1. The molecule has 0 aliphatic carbocycles. The Bertz CT molecular complexity index is 520. The molecule has 0 aliphatic rings. The van der Waals surface area contributed by atoms with Gasteiger partial charge in [0, 0.05) is 11.6 Å². The average Bonchev–Trinajstić information content (AvgIpc) is 2.18. The highest BCUT2D eigenvalue weighted by Crippen LogP contribution is 2.17. The molecule has 0 radical (unpaired) electrons. The molecule has 0 unspecified atom stereocenters. The topological polar surface area (TPSA) is 50.2 Å². The van der Waals surface area contributed by atoms with Crippen LogP contribution in [0.3, 0.4) is 0 Å². The summed E-state index contributed by atoms with van der Waals surface area (Å²) in [7, 11) is 0. The minimum Gasteiger partial charge on any atom is -0.481 e. The maximum Gasteiger partial charge on any atom is 0.307 e. The third-order valence-electron chi connectivity index (χ3n) is 2.38. The van der Waals surface area contributed by atoms with Crippen LogP contribution in [0.4, 0.5) is 0 Å². The summed E-state index contributed by atoms with van der Waals surface area (Å²) in [5.74, 6) is -0.809. The van der Waals surface area contributed by atoms with Crippen LogP contribution in [0.25, 0.3) is 10.9 Å². The Labute approximate surface area is 87.4 Å². The lowest BCUT2D eigenvalue weighted by Crippen LogP contribution is -1.99. The molecule has 0 atom stereocenters. The number of carboxylic acid groups (broad SMARTS) is 1. The van der Waals surface area contributed by atoms with Gasteiger partial charge in [-0.05, 0) is 36.2 Å². The van der Waals surface area contributed by atoms with Gasteiger partial charge in [-0.2, -0.15) is 0 Å². The SMILES string of the molecule is Cc1ccnc2ccc(CC(=O)O)cc12. The van der Waals surface area contributed by atoms with E-state index in [4.69, 9.17) is 5.11 Å². The molecule has 3 heteroatoms. The summed E-state index contributed by atoms with van der Waals surface area (Å²) in [6, 6.07) is 7.49. The predicted molar refractivity (Wildman–Crippen MR) is 57.8 cm³/mol. The van der Waals surface area contributed by atoms with Crippen LogP contribution in [0.15, 0.2) is 30.5 Å². The maximum atomic E-state index is 10.6. The Morgan fingerprint density at radius 3 is 2.93 bits per heavy atom. The number of carboxylic acids is 1. The highest BCUT2D eigenvalue weighted by molar-refractivity contribution is 5.83. The number of aromatic nitrogens is 1. The van der Waals surface area contributed by atoms with Crippen LogP contribution < -0.4 is 0 Å². The number of nitrogens with zero attached hydrogens (tertiary/aromatic N) is 1. The fourth-order valence-electron chi connectivity index (χ4n) is 1.62. The summed E-state index contributed by atoms with van der Waals surface area (Å²) in [6.45, 7) is 1.99. The second kappa shape index (κ2) is 3.69. The number of aliphatic carboxylic acids is 1. The Kier molecular flexibility index (Phi) is 2.37. The van der Waals surface area contributed by atoms with Crippen LogP contribution in [0, 0.1) is 6.92 Å². The summed E-state index contributed by atoms with van der Waals surface area (Å²) < 4.78 is 0. The molecule has 2 rings (SSSR count). The van der Waals surface area contributed by atoms with Crippen LogP contribution in [-0.2, 0) is 11.2 Å². The highest BCUT2D eigenvalue weighted by Gasteiger charge is 2.03. The average molecular weight is 201 g/mol. The van der Waals surface area contributed by atoms with Gasteiger partial charge in [0.15, 0.2) is 0 Å². The summed E-state index contributed by atoms with van der Waals surface area (Å²) in [6.07, 6.45) is 1.82. The van der Waals surface area contributed by atoms with E-state index in [1.165, 1.54) is 0 Å². The third kappa shape index (κ3) is 1.96. The molecule has 0 saturated heterocycles. The summed E-state index contributed by atoms with van der Waals surface area (Å²) in [5, 5.41) is 9.72. The minimum absolute atomic E-state index is 0.0598. The van der Waals surface area contributed by atoms with Gasteiger partial charge in [0.2, 0.25) is 0 Å². The molecule has 0 fully saturated rings. The fraction of sp³-hybridized carbons (Fsp3) is 0.167. The number of aryl methyl sites for hydroxylation is 1. The molecule has 0 saturated carbocycles. The van der Waals surface area contributed by atoms with Gasteiger partial charge in [-0.3, -0.25) is 9.78 Å². The van der Waals surface area contributed by atoms with Crippen LogP contribution in [0.5, 0.6) is 0 Å². The summed E-state index contributed by atoms with van der Waals surface area (Å²) in [4.78, 5) is 14.8. The van der Waals surface area contributed by atoms with E-state index in [-0.39, 0.29) is 6.42 Å². The van der Waals surface area contributed by atoms with Crippen molar-refractivity contribution in [3.8, 4) is 0 Å².